The molecule has 7 nitrogen and oxygen atoms in total. The summed E-state index contributed by atoms with van der Waals surface area (Å²) in [7, 11) is 0. The van der Waals surface area contributed by atoms with Gasteiger partial charge in [0.05, 0.1) is 0 Å². The van der Waals surface area contributed by atoms with Crippen molar-refractivity contribution >= 4 is 18.2 Å². The molecular formula is C11H10O7. The van der Waals surface area contributed by atoms with Crippen molar-refractivity contribution in [1.82, 2.24) is 0 Å². The van der Waals surface area contributed by atoms with Crippen LogP contribution in [-0.4, -0.2) is 41.7 Å². The quantitative estimate of drug-likeness (QED) is 0.678. The number of aldehydes is 1. The van der Waals surface area contributed by atoms with Crippen molar-refractivity contribution in [3.8, 4) is 11.5 Å². The normalized spacial score (nSPS) is 9.56. The Hall–Kier alpha value is -2.57. The van der Waals surface area contributed by atoms with E-state index < -0.39 is 25.2 Å². The Kier molecular flexibility index (Phi) is 4.67. The van der Waals surface area contributed by atoms with E-state index in [0.717, 1.165) is 0 Å². The van der Waals surface area contributed by atoms with Crippen molar-refractivity contribution in [2.45, 2.75) is 0 Å². The van der Waals surface area contributed by atoms with Gasteiger partial charge in [-0.3, -0.25) is 4.79 Å². The number of carboxylic acids is 2. The van der Waals surface area contributed by atoms with Crippen LogP contribution in [0.25, 0.3) is 0 Å². The van der Waals surface area contributed by atoms with Crippen LogP contribution in [0.1, 0.15) is 10.4 Å². The van der Waals surface area contributed by atoms with Gasteiger partial charge in [-0.25, -0.2) is 9.59 Å². The van der Waals surface area contributed by atoms with Crippen molar-refractivity contribution in [3.05, 3.63) is 23.8 Å². The predicted octanol–water partition coefficient (Wildman–Crippen LogP) is 0.426. The van der Waals surface area contributed by atoms with Gasteiger partial charge in [0.15, 0.2) is 13.2 Å². The first kappa shape index (κ1) is 13.5. The Labute approximate surface area is 102 Å². The molecule has 7 heteroatoms. The van der Waals surface area contributed by atoms with Crippen LogP contribution in [0.2, 0.25) is 0 Å². The van der Waals surface area contributed by atoms with E-state index >= 15 is 0 Å². The first-order chi connectivity index (χ1) is 8.51. The van der Waals surface area contributed by atoms with E-state index in [4.69, 9.17) is 19.7 Å². The first-order valence-corrected chi connectivity index (χ1v) is 4.80. The minimum Gasteiger partial charge on any atom is -0.482 e. The molecule has 1 aromatic carbocycles. The molecule has 0 aromatic heterocycles. The molecule has 96 valence electrons. The molecule has 0 fully saturated rings. The van der Waals surface area contributed by atoms with Crippen LogP contribution in [0.5, 0.6) is 11.5 Å². The monoisotopic (exact) mass is 254 g/mol. The van der Waals surface area contributed by atoms with Crippen LogP contribution in [-0.2, 0) is 9.59 Å². The lowest BCUT2D eigenvalue weighted by Gasteiger charge is -2.08. The predicted molar refractivity (Wildman–Crippen MR) is 58.1 cm³/mol. The highest BCUT2D eigenvalue weighted by Gasteiger charge is 2.06. The highest BCUT2D eigenvalue weighted by atomic mass is 16.5. The number of rotatable bonds is 7. The van der Waals surface area contributed by atoms with E-state index in [1.807, 2.05) is 0 Å². The highest BCUT2D eigenvalue weighted by Crippen LogP contribution is 2.22. The second-order valence-corrected chi connectivity index (χ2v) is 3.22. The van der Waals surface area contributed by atoms with Crippen LogP contribution in [0, 0.1) is 0 Å². The molecule has 0 heterocycles. The Morgan fingerprint density at radius 2 is 1.44 bits per heavy atom. The molecule has 0 aliphatic rings. The average Bonchev–Trinajstić information content (AvgIpc) is 2.33. The lowest BCUT2D eigenvalue weighted by atomic mass is 10.2. The number of benzene rings is 1. The molecule has 0 amide bonds. The summed E-state index contributed by atoms with van der Waals surface area (Å²) in [5, 5.41) is 16.9. The summed E-state index contributed by atoms with van der Waals surface area (Å²) in [6, 6.07) is 3.95. The van der Waals surface area contributed by atoms with Gasteiger partial charge in [-0.05, 0) is 12.1 Å². The van der Waals surface area contributed by atoms with Crippen LogP contribution in [0.15, 0.2) is 18.2 Å². The molecule has 0 radical (unpaired) electrons. The van der Waals surface area contributed by atoms with Crippen molar-refractivity contribution in [3.63, 3.8) is 0 Å². The Morgan fingerprint density at radius 3 is 1.78 bits per heavy atom. The second-order valence-electron chi connectivity index (χ2n) is 3.22. The van der Waals surface area contributed by atoms with Gasteiger partial charge in [0.1, 0.15) is 17.8 Å². The fourth-order valence-corrected chi connectivity index (χ4v) is 1.12. The van der Waals surface area contributed by atoms with E-state index in [1.54, 1.807) is 0 Å². The molecule has 1 rings (SSSR count). The van der Waals surface area contributed by atoms with E-state index in [-0.39, 0.29) is 17.1 Å². The average molecular weight is 254 g/mol. The second kappa shape index (κ2) is 6.24. The number of ether oxygens (including phenoxy) is 2. The van der Waals surface area contributed by atoms with Crippen molar-refractivity contribution in [2.24, 2.45) is 0 Å². The summed E-state index contributed by atoms with van der Waals surface area (Å²) in [5.74, 6) is -2.11. The molecule has 0 atom stereocenters. The van der Waals surface area contributed by atoms with Crippen molar-refractivity contribution in [2.75, 3.05) is 13.2 Å². The smallest absolute Gasteiger partial charge is 0.341 e. The Morgan fingerprint density at radius 1 is 1.00 bits per heavy atom. The maximum Gasteiger partial charge on any atom is 0.341 e. The number of hydrogen-bond acceptors (Lipinski definition) is 5. The number of carbonyl (C=O) groups excluding carboxylic acids is 1. The third-order valence-corrected chi connectivity index (χ3v) is 1.76. The minimum absolute atomic E-state index is 0.113. The van der Waals surface area contributed by atoms with E-state index in [2.05, 4.69) is 0 Å². The fraction of sp³-hybridized carbons (Fsp3) is 0.182. The third kappa shape index (κ3) is 4.52. The molecule has 18 heavy (non-hydrogen) atoms. The van der Waals surface area contributed by atoms with Gasteiger partial charge in [0, 0.05) is 11.6 Å². The zero-order valence-electron chi connectivity index (χ0n) is 9.16. The van der Waals surface area contributed by atoms with E-state index in [9.17, 15) is 14.4 Å². The molecular weight excluding hydrogens is 244 g/mol. The number of aliphatic carboxylic acids is 2. The van der Waals surface area contributed by atoms with E-state index in [1.165, 1.54) is 18.2 Å². The summed E-state index contributed by atoms with van der Waals surface area (Å²) >= 11 is 0. The summed E-state index contributed by atoms with van der Waals surface area (Å²) in [6.07, 6.45) is 0.515. The molecule has 0 aliphatic carbocycles. The standard InChI is InChI=1S/C11H10O7/c12-4-7-1-8(17-5-10(13)14)3-9(2-7)18-6-11(15)16/h1-4H,5-6H2,(H,13,14)(H,15,16). The van der Waals surface area contributed by atoms with Crippen molar-refractivity contribution < 1.29 is 34.1 Å². The van der Waals surface area contributed by atoms with Gasteiger partial charge in [-0.15, -0.1) is 0 Å². The topological polar surface area (TPSA) is 110 Å². The van der Waals surface area contributed by atoms with Crippen molar-refractivity contribution in [1.29, 1.82) is 0 Å². The van der Waals surface area contributed by atoms with Gasteiger partial charge < -0.3 is 19.7 Å². The Balaban J connectivity index is 2.83. The van der Waals surface area contributed by atoms with Gasteiger partial charge in [-0.2, -0.15) is 0 Å². The van der Waals surface area contributed by atoms with Gasteiger partial charge >= 0.3 is 11.9 Å². The lowest BCUT2D eigenvalue weighted by molar-refractivity contribution is -0.140. The molecule has 1 aromatic rings. The number of hydrogen-bond donors (Lipinski definition) is 2. The zero-order chi connectivity index (χ0) is 13.5. The number of carboxylic acid groups (broad SMARTS) is 2. The summed E-state index contributed by atoms with van der Waals surface area (Å²) in [5.41, 5.74) is 0.193. The zero-order valence-corrected chi connectivity index (χ0v) is 9.16. The SMILES string of the molecule is O=Cc1cc(OCC(=O)O)cc(OCC(=O)O)c1. The van der Waals surface area contributed by atoms with Gasteiger partial charge in [0.25, 0.3) is 0 Å². The maximum absolute atomic E-state index is 10.6. The summed E-state index contributed by atoms with van der Waals surface area (Å²) in [6.45, 7) is -1.14. The first-order valence-electron chi connectivity index (χ1n) is 4.80. The molecule has 0 saturated heterocycles. The van der Waals surface area contributed by atoms with Crippen LogP contribution in [0.4, 0.5) is 0 Å². The van der Waals surface area contributed by atoms with E-state index in [0.29, 0.717) is 6.29 Å². The largest absolute Gasteiger partial charge is 0.482 e. The molecule has 0 bridgehead atoms. The molecule has 0 unspecified atom stereocenters. The van der Waals surface area contributed by atoms with Crippen LogP contribution in [0.3, 0.4) is 0 Å². The third-order valence-electron chi connectivity index (χ3n) is 1.76. The van der Waals surface area contributed by atoms with Gasteiger partial charge in [0.2, 0.25) is 0 Å². The Bertz CT molecular complexity index is 430. The highest BCUT2D eigenvalue weighted by molar-refractivity contribution is 5.77. The fourth-order valence-electron chi connectivity index (χ4n) is 1.12. The summed E-state index contributed by atoms with van der Waals surface area (Å²) in [4.78, 5) is 31.3. The molecule has 2 N–H and O–H groups in total. The van der Waals surface area contributed by atoms with Crippen LogP contribution < -0.4 is 9.47 Å². The minimum atomic E-state index is -1.17. The van der Waals surface area contributed by atoms with Gasteiger partial charge in [-0.1, -0.05) is 0 Å². The maximum atomic E-state index is 10.6. The lowest BCUT2D eigenvalue weighted by Crippen LogP contribution is -2.11. The molecule has 0 spiro atoms. The molecule has 0 aliphatic heterocycles. The number of carbonyl (C=O) groups is 3. The van der Waals surface area contributed by atoms with Crippen LogP contribution >= 0.6 is 0 Å². The summed E-state index contributed by atoms with van der Waals surface area (Å²) < 4.78 is 9.74. The molecule has 0 saturated carbocycles.